The Balaban J connectivity index is 1.41. The summed E-state index contributed by atoms with van der Waals surface area (Å²) in [7, 11) is -2.15. The molecule has 6 heteroatoms. The molecule has 2 aromatic rings. The van der Waals surface area contributed by atoms with E-state index in [4.69, 9.17) is 4.74 Å². The summed E-state index contributed by atoms with van der Waals surface area (Å²) in [4.78, 5) is 16.0. The summed E-state index contributed by atoms with van der Waals surface area (Å²) in [5.41, 5.74) is 0.598. The fraction of sp³-hybridized carbons (Fsp3) is 0.480. The molecule has 2 aliphatic rings. The van der Waals surface area contributed by atoms with Gasteiger partial charge in [0.2, 0.25) is 9.84 Å². The number of likely N-dealkylation sites (tertiary alicyclic amines) is 1. The summed E-state index contributed by atoms with van der Waals surface area (Å²) in [6.45, 7) is 1.98. The van der Waals surface area contributed by atoms with E-state index < -0.39 is 9.84 Å². The van der Waals surface area contributed by atoms with E-state index in [-0.39, 0.29) is 21.5 Å². The fourth-order valence-electron chi connectivity index (χ4n) is 4.91. The number of ether oxygens (including phenoxy) is 1. The van der Waals surface area contributed by atoms with Crippen LogP contribution < -0.4 is 4.74 Å². The van der Waals surface area contributed by atoms with Crippen LogP contribution in [0.1, 0.15) is 55.3 Å². The van der Waals surface area contributed by atoms with Crippen LogP contribution in [0.5, 0.6) is 5.75 Å². The first kappa shape index (κ1) is 22.0. The number of sulfone groups is 1. The Bertz CT molecular complexity index is 1000. The van der Waals surface area contributed by atoms with Crippen LogP contribution >= 0.6 is 0 Å². The zero-order valence-electron chi connectivity index (χ0n) is 18.1. The van der Waals surface area contributed by atoms with Crippen LogP contribution in [0.25, 0.3) is 0 Å². The number of piperidine rings is 1. The molecule has 2 fully saturated rings. The predicted octanol–water partition coefficient (Wildman–Crippen LogP) is 4.76. The first-order chi connectivity index (χ1) is 15.0. The molecule has 0 spiro atoms. The van der Waals surface area contributed by atoms with E-state index >= 15 is 0 Å². The van der Waals surface area contributed by atoms with E-state index in [2.05, 4.69) is 4.90 Å². The van der Waals surface area contributed by atoms with Crippen molar-refractivity contribution in [1.82, 2.24) is 4.90 Å². The van der Waals surface area contributed by atoms with E-state index in [1.165, 1.54) is 45.3 Å². The summed E-state index contributed by atoms with van der Waals surface area (Å²) < 4.78 is 31.0. The second kappa shape index (κ2) is 9.53. The van der Waals surface area contributed by atoms with Crippen LogP contribution in [-0.2, 0) is 9.84 Å². The number of hydrogen-bond donors (Lipinski definition) is 0. The third-order valence-electron chi connectivity index (χ3n) is 6.79. The fourth-order valence-corrected chi connectivity index (χ4v) is 6.21. The minimum absolute atomic E-state index is 0.0284. The number of hydrogen-bond acceptors (Lipinski definition) is 5. The van der Waals surface area contributed by atoms with Gasteiger partial charge >= 0.3 is 0 Å². The largest absolute Gasteiger partial charge is 0.497 e. The van der Waals surface area contributed by atoms with Gasteiger partial charge in [-0.05, 0) is 69.1 Å². The Hall–Kier alpha value is -2.18. The highest BCUT2D eigenvalue weighted by Gasteiger charge is 2.30. The second-order valence-corrected chi connectivity index (χ2v) is 10.6. The maximum Gasteiger partial charge on any atom is 0.206 e. The Morgan fingerprint density at radius 2 is 1.58 bits per heavy atom. The Kier molecular flexibility index (Phi) is 6.77. The quantitative estimate of drug-likeness (QED) is 0.605. The first-order valence-electron chi connectivity index (χ1n) is 11.3. The summed E-state index contributed by atoms with van der Waals surface area (Å²) in [6.07, 6.45) is 8.38. The van der Waals surface area contributed by atoms with Crippen molar-refractivity contribution in [2.45, 2.75) is 60.8 Å². The number of rotatable bonds is 6. The van der Waals surface area contributed by atoms with Gasteiger partial charge in [0, 0.05) is 17.5 Å². The van der Waals surface area contributed by atoms with Crippen molar-refractivity contribution in [3.63, 3.8) is 0 Å². The number of Topliss-reactive ketones (excluding diaryl/α,β-unsaturated/α-hetero) is 1. The summed E-state index contributed by atoms with van der Waals surface area (Å²) >= 11 is 0. The average Bonchev–Trinajstić information content (AvgIpc) is 2.84. The highest BCUT2D eigenvalue weighted by molar-refractivity contribution is 7.91. The molecule has 166 valence electrons. The van der Waals surface area contributed by atoms with Gasteiger partial charge in [-0.1, -0.05) is 37.5 Å². The standard InChI is InChI=1S/C25H31NO4S/c1-30-22-8-5-9-24(18-22)31(28,29)23-12-10-19(11-13-23)25(27)20-14-16-26(17-15-20)21-6-3-2-4-7-21/h5,8-13,18,20-21H,2-4,6-7,14-17H2,1H3. The molecule has 0 bridgehead atoms. The molecule has 0 radical (unpaired) electrons. The molecule has 1 saturated heterocycles. The Labute approximate surface area is 185 Å². The molecule has 0 unspecified atom stereocenters. The third kappa shape index (κ3) is 4.85. The van der Waals surface area contributed by atoms with Crippen LogP contribution in [0.2, 0.25) is 0 Å². The molecule has 0 atom stereocenters. The lowest BCUT2D eigenvalue weighted by atomic mass is 9.86. The van der Waals surface area contributed by atoms with Crippen molar-refractivity contribution in [1.29, 1.82) is 0 Å². The van der Waals surface area contributed by atoms with E-state index in [1.807, 2.05) is 0 Å². The summed E-state index contributed by atoms with van der Waals surface area (Å²) in [5.74, 6) is 0.654. The average molecular weight is 442 g/mol. The van der Waals surface area contributed by atoms with E-state index in [1.54, 1.807) is 42.5 Å². The first-order valence-corrected chi connectivity index (χ1v) is 12.7. The van der Waals surface area contributed by atoms with E-state index in [9.17, 15) is 13.2 Å². The lowest BCUT2D eigenvalue weighted by Crippen LogP contribution is -2.43. The number of carbonyl (C=O) groups is 1. The summed E-state index contributed by atoms with van der Waals surface area (Å²) in [5, 5.41) is 0. The van der Waals surface area contributed by atoms with Gasteiger partial charge < -0.3 is 9.64 Å². The zero-order chi connectivity index (χ0) is 21.8. The van der Waals surface area contributed by atoms with Crippen LogP contribution in [0.15, 0.2) is 58.3 Å². The molecule has 0 amide bonds. The minimum atomic E-state index is -3.66. The van der Waals surface area contributed by atoms with Crippen molar-refractivity contribution >= 4 is 15.6 Å². The van der Waals surface area contributed by atoms with E-state index in [0.29, 0.717) is 17.4 Å². The van der Waals surface area contributed by atoms with Gasteiger partial charge in [0.05, 0.1) is 16.9 Å². The van der Waals surface area contributed by atoms with Gasteiger partial charge in [0.25, 0.3) is 0 Å². The van der Waals surface area contributed by atoms with Gasteiger partial charge in [-0.2, -0.15) is 0 Å². The molecule has 31 heavy (non-hydrogen) atoms. The highest BCUT2D eigenvalue weighted by Crippen LogP contribution is 2.29. The van der Waals surface area contributed by atoms with Crippen molar-refractivity contribution in [3.8, 4) is 5.75 Å². The number of methoxy groups -OCH3 is 1. The lowest BCUT2D eigenvalue weighted by molar-refractivity contribution is 0.0747. The van der Waals surface area contributed by atoms with Crippen LogP contribution in [-0.4, -0.2) is 45.3 Å². The normalized spacial score (nSPS) is 19.3. The number of benzene rings is 2. The van der Waals surface area contributed by atoms with Crippen molar-refractivity contribution in [2.24, 2.45) is 5.92 Å². The smallest absolute Gasteiger partial charge is 0.206 e. The number of carbonyl (C=O) groups excluding carboxylic acids is 1. The third-order valence-corrected chi connectivity index (χ3v) is 8.56. The SMILES string of the molecule is COc1cccc(S(=O)(=O)c2ccc(C(=O)C3CCN(C4CCCCC4)CC3)cc2)c1. The monoisotopic (exact) mass is 441 g/mol. The van der Waals surface area contributed by atoms with Gasteiger partial charge in [0.15, 0.2) is 5.78 Å². The molecule has 0 aromatic heterocycles. The van der Waals surface area contributed by atoms with Crippen molar-refractivity contribution in [2.75, 3.05) is 20.2 Å². The van der Waals surface area contributed by atoms with Crippen molar-refractivity contribution < 1.29 is 17.9 Å². The topological polar surface area (TPSA) is 63.7 Å². The molecular weight excluding hydrogens is 410 g/mol. The Morgan fingerprint density at radius 1 is 0.903 bits per heavy atom. The molecule has 4 rings (SSSR count). The molecule has 1 aliphatic carbocycles. The molecule has 0 N–H and O–H groups in total. The predicted molar refractivity (Wildman–Crippen MR) is 120 cm³/mol. The molecule has 1 saturated carbocycles. The van der Waals surface area contributed by atoms with Gasteiger partial charge in [-0.3, -0.25) is 4.79 Å². The highest BCUT2D eigenvalue weighted by atomic mass is 32.2. The van der Waals surface area contributed by atoms with Gasteiger partial charge in [-0.25, -0.2) is 8.42 Å². The van der Waals surface area contributed by atoms with Gasteiger partial charge in [-0.15, -0.1) is 0 Å². The number of ketones is 1. The minimum Gasteiger partial charge on any atom is -0.497 e. The molecule has 1 aliphatic heterocycles. The van der Waals surface area contributed by atoms with Crippen LogP contribution in [0.3, 0.4) is 0 Å². The van der Waals surface area contributed by atoms with Gasteiger partial charge in [0.1, 0.15) is 5.75 Å². The van der Waals surface area contributed by atoms with E-state index in [0.717, 1.165) is 25.9 Å². The lowest BCUT2D eigenvalue weighted by Gasteiger charge is -2.39. The maximum absolute atomic E-state index is 13.0. The van der Waals surface area contributed by atoms with Crippen LogP contribution in [0.4, 0.5) is 0 Å². The molecule has 2 aromatic carbocycles. The van der Waals surface area contributed by atoms with Crippen LogP contribution in [0, 0.1) is 5.92 Å². The Morgan fingerprint density at radius 3 is 2.23 bits per heavy atom. The van der Waals surface area contributed by atoms with Crippen molar-refractivity contribution in [3.05, 3.63) is 54.1 Å². The molecule has 1 heterocycles. The zero-order valence-corrected chi connectivity index (χ0v) is 18.9. The second-order valence-electron chi connectivity index (χ2n) is 8.67. The maximum atomic E-state index is 13.0. The molecule has 5 nitrogen and oxygen atoms in total. The summed E-state index contributed by atoms with van der Waals surface area (Å²) in [6, 6.07) is 13.5. The number of nitrogens with zero attached hydrogens (tertiary/aromatic N) is 1. The molecular formula is C25H31NO4S.